The van der Waals surface area contributed by atoms with Gasteiger partial charge >= 0.3 is 5.97 Å². The molecule has 2 aromatic rings. The Morgan fingerprint density at radius 1 is 1.19 bits per heavy atom. The second kappa shape index (κ2) is 8.15. The fourth-order valence-electron chi connectivity index (χ4n) is 3.02. The standard InChI is InChI=1S/C21H24N2O3/c1-14-8-10-16(11-9-14)12-18-21(25)26-13-19(23-18)20(24)22-15(2)17-6-4-3-5-7-17/h3-11,15,18-19,23H,12-13H2,1-2H3,(H,22,24)/t15-,18-,19-/m0/s1. The Bertz CT molecular complexity index is 759. The summed E-state index contributed by atoms with van der Waals surface area (Å²) in [4.78, 5) is 24.6. The quantitative estimate of drug-likeness (QED) is 0.811. The molecule has 1 aliphatic rings. The zero-order valence-electron chi connectivity index (χ0n) is 15.1. The molecule has 26 heavy (non-hydrogen) atoms. The van der Waals surface area contributed by atoms with Gasteiger partial charge < -0.3 is 10.1 Å². The van der Waals surface area contributed by atoms with Crippen molar-refractivity contribution in [1.82, 2.24) is 10.6 Å². The SMILES string of the molecule is Cc1ccc(C[C@@H]2N[C@H](C(=O)N[C@@H](C)c3ccccc3)COC2=O)cc1. The van der Waals surface area contributed by atoms with Crippen LogP contribution < -0.4 is 10.6 Å². The van der Waals surface area contributed by atoms with Crippen molar-refractivity contribution in [2.75, 3.05) is 6.61 Å². The van der Waals surface area contributed by atoms with Crippen molar-refractivity contribution in [3.8, 4) is 0 Å². The lowest BCUT2D eigenvalue weighted by Crippen LogP contribution is -2.58. The first kappa shape index (κ1) is 18.1. The maximum atomic E-state index is 12.6. The Hall–Kier alpha value is -2.66. The number of nitrogens with one attached hydrogen (secondary N) is 2. The minimum atomic E-state index is -0.547. The van der Waals surface area contributed by atoms with Gasteiger partial charge in [-0.3, -0.25) is 14.9 Å². The first-order valence-corrected chi connectivity index (χ1v) is 8.86. The van der Waals surface area contributed by atoms with Crippen molar-refractivity contribution >= 4 is 11.9 Å². The number of carbonyl (C=O) groups is 2. The fraction of sp³-hybridized carbons (Fsp3) is 0.333. The van der Waals surface area contributed by atoms with Crippen LogP contribution in [0.3, 0.4) is 0 Å². The minimum Gasteiger partial charge on any atom is -0.462 e. The summed E-state index contributed by atoms with van der Waals surface area (Å²) < 4.78 is 5.25. The number of aryl methyl sites for hydroxylation is 1. The Labute approximate surface area is 153 Å². The van der Waals surface area contributed by atoms with Crippen LogP contribution in [0.5, 0.6) is 0 Å². The predicted molar refractivity (Wildman–Crippen MR) is 99.6 cm³/mol. The van der Waals surface area contributed by atoms with Crippen LogP contribution in [0, 0.1) is 6.92 Å². The molecule has 136 valence electrons. The zero-order chi connectivity index (χ0) is 18.5. The molecular weight excluding hydrogens is 328 g/mol. The molecule has 0 aromatic heterocycles. The normalized spacial score (nSPS) is 20.9. The summed E-state index contributed by atoms with van der Waals surface area (Å²) >= 11 is 0. The molecule has 1 saturated heterocycles. The van der Waals surface area contributed by atoms with Crippen LogP contribution in [0.4, 0.5) is 0 Å². The molecule has 5 heteroatoms. The van der Waals surface area contributed by atoms with Crippen LogP contribution in [-0.2, 0) is 20.7 Å². The molecule has 2 N–H and O–H groups in total. The number of cyclic esters (lactones) is 1. The Balaban J connectivity index is 1.60. The molecule has 0 aliphatic carbocycles. The van der Waals surface area contributed by atoms with E-state index in [9.17, 15) is 9.59 Å². The fourth-order valence-corrected chi connectivity index (χ4v) is 3.02. The Kier molecular flexibility index (Phi) is 5.68. The van der Waals surface area contributed by atoms with Gasteiger partial charge in [-0.25, -0.2) is 0 Å². The third kappa shape index (κ3) is 4.49. The summed E-state index contributed by atoms with van der Waals surface area (Å²) in [5.41, 5.74) is 3.23. The van der Waals surface area contributed by atoms with E-state index in [-0.39, 0.29) is 24.5 Å². The second-order valence-corrected chi connectivity index (χ2v) is 6.73. The lowest BCUT2D eigenvalue weighted by Gasteiger charge is -2.30. The van der Waals surface area contributed by atoms with Crippen LogP contribution in [0.15, 0.2) is 54.6 Å². The summed E-state index contributed by atoms with van der Waals surface area (Å²) in [7, 11) is 0. The number of benzene rings is 2. The van der Waals surface area contributed by atoms with Crippen LogP contribution in [0.1, 0.15) is 29.7 Å². The molecule has 3 atom stereocenters. The summed E-state index contributed by atoms with van der Waals surface area (Å²) in [5, 5.41) is 6.12. The third-order valence-electron chi connectivity index (χ3n) is 4.61. The topological polar surface area (TPSA) is 67.4 Å². The van der Waals surface area contributed by atoms with Gasteiger partial charge in [0.25, 0.3) is 0 Å². The number of carbonyl (C=O) groups excluding carboxylic acids is 2. The van der Waals surface area contributed by atoms with E-state index in [4.69, 9.17) is 4.74 Å². The highest BCUT2D eigenvalue weighted by atomic mass is 16.5. The monoisotopic (exact) mass is 352 g/mol. The highest BCUT2D eigenvalue weighted by Gasteiger charge is 2.33. The number of amides is 1. The molecule has 0 saturated carbocycles. The van der Waals surface area contributed by atoms with Gasteiger partial charge in [0, 0.05) is 0 Å². The van der Waals surface area contributed by atoms with Crippen LogP contribution in [0.25, 0.3) is 0 Å². The molecule has 1 aliphatic heterocycles. The molecule has 0 bridgehead atoms. The summed E-state index contributed by atoms with van der Waals surface area (Å²) in [6, 6.07) is 16.6. The average molecular weight is 352 g/mol. The van der Waals surface area contributed by atoms with Crippen molar-refractivity contribution in [2.45, 2.75) is 38.4 Å². The maximum Gasteiger partial charge on any atom is 0.323 e. The van der Waals surface area contributed by atoms with Gasteiger partial charge in [0.15, 0.2) is 0 Å². The molecule has 5 nitrogen and oxygen atoms in total. The van der Waals surface area contributed by atoms with E-state index in [1.165, 1.54) is 5.56 Å². The first-order chi connectivity index (χ1) is 12.5. The van der Waals surface area contributed by atoms with Gasteiger partial charge in [0.05, 0.1) is 6.04 Å². The van der Waals surface area contributed by atoms with E-state index in [0.29, 0.717) is 6.42 Å². The van der Waals surface area contributed by atoms with Crippen molar-refractivity contribution < 1.29 is 14.3 Å². The molecule has 2 aromatic carbocycles. The van der Waals surface area contributed by atoms with E-state index in [2.05, 4.69) is 10.6 Å². The van der Waals surface area contributed by atoms with E-state index in [1.807, 2.05) is 68.4 Å². The van der Waals surface area contributed by atoms with E-state index in [0.717, 1.165) is 11.1 Å². The number of rotatable bonds is 5. The van der Waals surface area contributed by atoms with Gasteiger partial charge in [-0.05, 0) is 31.4 Å². The van der Waals surface area contributed by atoms with E-state index < -0.39 is 12.1 Å². The van der Waals surface area contributed by atoms with Crippen molar-refractivity contribution in [3.05, 3.63) is 71.3 Å². The smallest absolute Gasteiger partial charge is 0.323 e. The van der Waals surface area contributed by atoms with Gasteiger partial charge in [0.1, 0.15) is 18.7 Å². The van der Waals surface area contributed by atoms with Crippen LogP contribution >= 0.6 is 0 Å². The van der Waals surface area contributed by atoms with Crippen molar-refractivity contribution in [3.63, 3.8) is 0 Å². The molecule has 0 unspecified atom stereocenters. The van der Waals surface area contributed by atoms with Gasteiger partial charge in [0.2, 0.25) is 5.91 Å². The average Bonchev–Trinajstić information content (AvgIpc) is 2.66. The Morgan fingerprint density at radius 2 is 1.88 bits per heavy atom. The molecular formula is C21H24N2O3. The zero-order valence-corrected chi connectivity index (χ0v) is 15.1. The first-order valence-electron chi connectivity index (χ1n) is 8.86. The van der Waals surface area contributed by atoms with Crippen molar-refractivity contribution in [1.29, 1.82) is 0 Å². The molecule has 1 amide bonds. The largest absolute Gasteiger partial charge is 0.462 e. The van der Waals surface area contributed by atoms with E-state index in [1.54, 1.807) is 0 Å². The maximum absolute atomic E-state index is 12.6. The highest BCUT2D eigenvalue weighted by Crippen LogP contribution is 2.14. The number of morpholine rings is 1. The lowest BCUT2D eigenvalue weighted by molar-refractivity contribution is -0.153. The summed E-state index contributed by atoms with van der Waals surface area (Å²) in [5.74, 6) is -0.478. The summed E-state index contributed by atoms with van der Waals surface area (Å²) in [6.45, 7) is 4.01. The molecule has 0 spiro atoms. The summed E-state index contributed by atoms with van der Waals surface area (Å²) in [6.07, 6.45) is 0.497. The predicted octanol–water partition coefficient (Wildman–Crippen LogP) is 2.30. The lowest BCUT2D eigenvalue weighted by atomic mass is 10.0. The second-order valence-electron chi connectivity index (χ2n) is 6.73. The number of ether oxygens (including phenoxy) is 1. The number of hydrogen-bond donors (Lipinski definition) is 2. The van der Waals surface area contributed by atoms with Crippen LogP contribution in [-0.4, -0.2) is 30.6 Å². The molecule has 1 fully saturated rings. The third-order valence-corrected chi connectivity index (χ3v) is 4.61. The van der Waals surface area contributed by atoms with Crippen LogP contribution in [0.2, 0.25) is 0 Å². The van der Waals surface area contributed by atoms with Crippen molar-refractivity contribution in [2.24, 2.45) is 0 Å². The van der Waals surface area contributed by atoms with Gasteiger partial charge in [-0.1, -0.05) is 60.2 Å². The highest BCUT2D eigenvalue weighted by molar-refractivity contribution is 5.86. The minimum absolute atomic E-state index is 0.0522. The van der Waals surface area contributed by atoms with Gasteiger partial charge in [-0.15, -0.1) is 0 Å². The molecule has 3 rings (SSSR count). The number of esters is 1. The van der Waals surface area contributed by atoms with E-state index >= 15 is 0 Å². The molecule has 1 heterocycles. The Morgan fingerprint density at radius 3 is 2.58 bits per heavy atom. The van der Waals surface area contributed by atoms with Gasteiger partial charge in [-0.2, -0.15) is 0 Å². The number of hydrogen-bond acceptors (Lipinski definition) is 4. The molecule has 0 radical (unpaired) electrons.